The lowest BCUT2D eigenvalue weighted by Gasteiger charge is -2.43. The van der Waals surface area contributed by atoms with Crippen molar-refractivity contribution < 1.29 is 36.6 Å². The normalized spacial score (nSPS) is 20.5. The summed E-state index contributed by atoms with van der Waals surface area (Å²) in [5, 5.41) is 15.6. The van der Waals surface area contributed by atoms with E-state index in [1.807, 2.05) is 54.6 Å². The summed E-state index contributed by atoms with van der Waals surface area (Å²) in [4.78, 5) is 0.148. The second kappa shape index (κ2) is 22.5. The van der Waals surface area contributed by atoms with Gasteiger partial charge in [0.25, 0.3) is 16.6 Å². The molecule has 7 atom stereocenters. The first-order valence-electron chi connectivity index (χ1n) is 25.1. The summed E-state index contributed by atoms with van der Waals surface area (Å²) in [7, 11) is -9.85. The van der Waals surface area contributed by atoms with Gasteiger partial charge in [-0.1, -0.05) is 211 Å². The summed E-state index contributed by atoms with van der Waals surface area (Å²) in [5.74, 6) is 0. The molecule has 0 amide bonds. The molecule has 2 heterocycles. The van der Waals surface area contributed by atoms with Crippen molar-refractivity contribution in [2.24, 2.45) is 0 Å². The van der Waals surface area contributed by atoms with Gasteiger partial charge in [-0.25, -0.2) is 8.42 Å². The lowest BCUT2D eigenvalue weighted by molar-refractivity contribution is -0.0940. The lowest BCUT2D eigenvalue weighted by Crippen LogP contribution is -2.67. The maximum absolute atomic E-state index is 15.0. The van der Waals surface area contributed by atoms with Gasteiger partial charge >= 0.3 is 0 Å². The van der Waals surface area contributed by atoms with Gasteiger partial charge in [0, 0.05) is 0 Å². The van der Waals surface area contributed by atoms with Crippen molar-refractivity contribution in [3.8, 4) is 0 Å². The van der Waals surface area contributed by atoms with E-state index in [1.165, 1.54) is 20.7 Å². The topological polar surface area (TPSA) is 101 Å². The van der Waals surface area contributed by atoms with Crippen LogP contribution in [0.2, 0.25) is 10.1 Å². The van der Waals surface area contributed by atoms with Crippen molar-refractivity contribution in [3.63, 3.8) is 0 Å². The first-order valence-corrected chi connectivity index (χ1v) is 30.4. The SMILES string of the molecule is CC(C)(C)[Si](OC[C@@H]1CC[C@@H](C(O)C(C[C@H](OCc2ccccc2)[C@@H]2CC[C@@H](CO[Si](c3ccccc3)(c3ccccc3)C(C)(C)C)O2)S(=O)(=O)c2ccccc2)O1)(c1ccccc1)c1ccccc1. The van der Waals surface area contributed by atoms with Gasteiger partial charge in [0.2, 0.25) is 0 Å². The van der Waals surface area contributed by atoms with Crippen LogP contribution in [-0.2, 0) is 39.5 Å². The fourth-order valence-electron chi connectivity index (χ4n) is 11.0. The molecule has 0 aliphatic carbocycles. The third-order valence-electron chi connectivity index (χ3n) is 14.5. The second-order valence-electron chi connectivity index (χ2n) is 21.2. The third-order valence-corrected chi connectivity index (χ3v) is 26.7. The highest BCUT2D eigenvalue weighted by molar-refractivity contribution is 7.92. The van der Waals surface area contributed by atoms with Crippen LogP contribution in [0.4, 0.5) is 0 Å². The zero-order valence-electron chi connectivity index (χ0n) is 41.7. The molecule has 1 N–H and O–H groups in total. The van der Waals surface area contributed by atoms with Crippen LogP contribution >= 0.6 is 0 Å². The molecule has 6 aromatic carbocycles. The van der Waals surface area contributed by atoms with Crippen molar-refractivity contribution in [3.05, 3.63) is 188 Å². The van der Waals surface area contributed by atoms with Gasteiger partial charge in [0.15, 0.2) is 9.84 Å². The van der Waals surface area contributed by atoms with E-state index in [1.54, 1.807) is 30.3 Å². The first kappa shape index (κ1) is 51.8. The van der Waals surface area contributed by atoms with Crippen LogP contribution in [0, 0.1) is 0 Å². The molecular weight excluding hydrogens is 925 g/mol. The van der Waals surface area contributed by atoms with Crippen LogP contribution in [0.5, 0.6) is 0 Å². The van der Waals surface area contributed by atoms with E-state index in [4.69, 9.17) is 23.1 Å². The summed E-state index contributed by atoms with van der Waals surface area (Å²) >= 11 is 0. The maximum atomic E-state index is 15.0. The summed E-state index contributed by atoms with van der Waals surface area (Å²) in [6.45, 7) is 14.5. The smallest absolute Gasteiger partial charge is 0.261 e. The molecular formula is C59H72O8SSi2. The Bertz CT molecular complexity index is 2550. The second-order valence-corrected chi connectivity index (χ2v) is 31.9. The Labute approximate surface area is 419 Å². The van der Waals surface area contributed by atoms with Gasteiger partial charge in [-0.15, -0.1) is 0 Å². The number of hydrogen-bond acceptors (Lipinski definition) is 8. The molecule has 370 valence electrons. The Hall–Kier alpha value is -4.54. The number of aliphatic hydroxyl groups is 1. The summed E-state index contributed by atoms with van der Waals surface area (Å²) in [6, 6.07) is 60.6. The molecule has 0 bridgehead atoms. The van der Waals surface area contributed by atoms with Gasteiger partial charge in [0.05, 0.1) is 66.6 Å². The minimum atomic E-state index is -4.12. The number of rotatable bonds is 20. The van der Waals surface area contributed by atoms with Crippen molar-refractivity contribution in [1.29, 1.82) is 0 Å². The number of ether oxygens (including phenoxy) is 3. The van der Waals surface area contributed by atoms with E-state index in [0.29, 0.717) is 38.9 Å². The van der Waals surface area contributed by atoms with Crippen LogP contribution in [0.15, 0.2) is 187 Å². The predicted octanol–water partition coefficient (Wildman–Crippen LogP) is 9.41. The first-order chi connectivity index (χ1) is 33.6. The molecule has 2 aliphatic heterocycles. The highest BCUT2D eigenvalue weighted by Gasteiger charge is 2.53. The number of hydrogen-bond donors (Lipinski definition) is 1. The average molecular weight is 997 g/mol. The molecule has 0 spiro atoms. The van der Waals surface area contributed by atoms with E-state index < -0.39 is 56.1 Å². The summed E-state index contributed by atoms with van der Waals surface area (Å²) in [6.07, 6.45) is -1.38. The van der Waals surface area contributed by atoms with Gasteiger partial charge in [-0.05, 0) is 80.6 Å². The molecule has 2 fully saturated rings. The van der Waals surface area contributed by atoms with Gasteiger partial charge in [-0.2, -0.15) is 0 Å². The van der Waals surface area contributed by atoms with Crippen LogP contribution in [0.25, 0.3) is 0 Å². The monoisotopic (exact) mass is 996 g/mol. The number of benzene rings is 6. The van der Waals surface area contributed by atoms with Crippen LogP contribution in [-0.4, -0.2) is 85.2 Å². The van der Waals surface area contributed by atoms with Gasteiger partial charge in [0.1, 0.15) is 0 Å². The molecule has 70 heavy (non-hydrogen) atoms. The maximum Gasteiger partial charge on any atom is 0.261 e. The zero-order valence-corrected chi connectivity index (χ0v) is 44.5. The predicted molar refractivity (Wildman–Crippen MR) is 286 cm³/mol. The largest absolute Gasteiger partial charge is 0.405 e. The van der Waals surface area contributed by atoms with Crippen LogP contribution < -0.4 is 20.7 Å². The fraction of sp³-hybridized carbons (Fsp3) is 0.390. The molecule has 6 aromatic rings. The Kier molecular flexibility index (Phi) is 16.6. The van der Waals surface area contributed by atoms with E-state index in [9.17, 15) is 5.11 Å². The lowest BCUT2D eigenvalue weighted by atomic mass is 9.98. The summed E-state index contributed by atoms with van der Waals surface area (Å²) < 4.78 is 65.1. The minimum Gasteiger partial charge on any atom is -0.405 e. The molecule has 0 radical (unpaired) electrons. The van der Waals surface area contributed by atoms with Crippen molar-refractivity contribution in [1.82, 2.24) is 0 Å². The van der Waals surface area contributed by atoms with E-state index in [2.05, 4.69) is 139 Å². The highest BCUT2D eigenvalue weighted by atomic mass is 32.2. The molecule has 11 heteroatoms. The third kappa shape index (κ3) is 11.2. The quantitative estimate of drug-likeness (QED) is 0.0756. The minimum absolute atomic E-state index is 0.00126. The molecule has 0 saturated carbocycles. The molecule has 2 saturated heterocycles. The van der Waals surface area contributed by atoms with Crippen LogP contribution in [0.1, 0.15) is 79.2 Å². The zero-order chi connectivity index (χ0) is 49.4. The standard InChI is InChI=1S/C59H72O8SSi2/c1-58(2,3)69(49-29-17-9-18-30-49,50-31-19-10-20-32-50)64-43-46-37-39-53(66-46)55(63-42-45-25-13-7-14-26-45)41-56(68(61,62)48-27-15-8-16-28-48)57(60)54-40-38-47(67-54)44-65-70(59(4,5)6,51-33-21-11-22-34-51)52-35-23-12-24-36-52/h7-36,46-47,53-57,60H,37-44H2,1-6H3/t46-,47-,53-,54-,55-,56?,57?/m0/s1. The number of aliphatic hydroxyl groups excluding tert-OH is 1. The van der Waals surface area contributed by atoms with Crippen molar-refractivity contribution in [2.75, 3.05) is 13.2 Å². The van der Waals surface area contributed by atoms with Crippen LogP contribution in [0.3, 0.4) is 0 Å². The summed E-state index contributed by atoms with van der Waals surface area (Å²) in [5.41, 5.74) is 0.961. The van der Waals surface area contributed by atoms with E-state index >= 15 is 8.42 Å². The molecule has 8 rings (SSSR count). The molecule has 2 aliphatic rings. The van der Waals surface area contributed by atoms with Gasteiger partial charge in [-0.3, -0.25) is 0 Å². The molecule has 8 nitrogen and oxygen atoms in total. The fourth-order valence-corrected chi connectivity index (χ4v) is 22.1. The van der Waals surface area contributed by atoms with Gasteiger partial charge < -0.3 is 28.2 Å². The Morgan fingerprint density at radius 3 is 1.29 bits per heavy atom. The Morgan fingerprint density at radius 2 is 0.886 bits per heavy atom. The van der Waals surface area contributed by atoms with Crippen molar-refractivity contribution in [2.45, 2.75) is 137 Å². The highest BCUT2D eigenvalue weighted by Crippen LogP contribution is 2.40. The number of sulfone groups is 1. The van der Waals surface area contributed by atoms with E-state index in [0.717, 1.165) is 5.56 Å². The van der Waals surface area contributed by atoms with E-state index in [-0.39, 0.29) is 40.2 Å². The Morgan fingerprint density at radius 1 is 0.529 bits per heavy atom. The molecule has 0 aromatic heterocycles. The molecule has 2 unspecified atom stereocenters. The average Bonchev–Trinajstić information content (AvgIpc) is 4.06. The Balaban J connectivity index is 1.05. The van der Waals surface area contributed by atoms with Crippen molar-refractivity contribution >= 4 is 47.2 Å².